The summed E-state index contributed by atoms with van der Waals surface area (Å²) in [6.07, 6.45) is 1.63. The molecule has 1 aliphatic heterocycles. The highest BCUT2D eigenvalue weighted by molar-refractivity contribution is 5.92. The lowest BCUT2D eigenvalue weighted by atomic mass is 10.3. The van der Waals surface area contributed by atoms with E-state index < -0.39 is 5.91 Å². The van der Waals surface area contributed by atoms with Crippen LogP contribution in [0.2, 0.25) is 0 Å². The van der Waals surface area contributed by atoms with Crippen LogP contribution in [0.15, 0.2) is 23.1 Å². The largest absolute Gasteiger partial charge is 0.378 e. The van der Waals surface area contributed by atoms with Gasteiger partial charge >= 0.3 is 0 Å². The molecule has 86 valence electrons. The van der Waals surface area contributed by atoms with E-state index in [1.165, 1.54) is 10.7 Å². The second kappa shape index (κ2) is 4.36. The van der Waals surface area contributed by atoms with Gasteiger partial charge in [-0.1, -0.05) is 0 Å². The standard InChI is InChI=1S/C10H13N3O3/c11-9(14)8-2-1-3-13(10(8)15)12-4-6-16-7-5-12/h1-3H,4-7H2,(H2,11,14). The van der Waals surface area contributed by atoms with Crippen LogP contribution >= 0.6 is 0 Å². The maximum atomic E-state index is 11.9. The number of carbonyl (C=O) groups excluding carboxylic acids is 1. The van der Waals surface area contributed by atoms with Crippen molar-refractivity contribution >= 4 is 5.91 Å². The zero-order chi connectivity index (χ0) is 11.5. The smallest absolute Gasteiger partial charge is 0.281 e. The summed E-state index contributed by atoms with van der Waals surface area (Å²) >= 11 is 0. The van der Waals surface area contributed by atoms with Crippen molar-refractivity contribution in [2.24, 2.45) is 5.73 Å². The number of primary amides is 1. The lowest BCUT2D eigenvalue weighted by Crippen LogP contribution is -2.49. The average molecular weight is 223 g/mol. The molecule has 1 amide bonds. The number of rotatable bonds is 2. The van der Waals surface area contributed by atoms with Gasteiger partial charge in [-0.25, -0.2) is 4.68 Å². The molecule has 0 aliphatic carbocycles. The summed E-state index contributed by atoms with van der Waals surface area (Å²) in [6, 6.07) is 3.07. The van der Waals surface area contributed by atoms with Gasteiger partial charge in [-0.3, -0.25) is 9.59 Å². The minimum absolute atomic E-state index is 0.00833. The molecule has 0 bridgehead atoms. The second-order valence-corrected chi connectivity index (χ2v) is 3.50. The predicted molar refractivity (Wildman–Crippen MR) is 58.0 cm³/mol. The van der Waals surface area contributed by atoms with Crippen LogP contribution in [-0.4, -0.2) is 36.9 Å². The van der Waals surface area contributed by atoms with Gasteiger partial charge in [0.2, 0.25) is 0 Å². The van der Waals surface area contributed by atoms with Gasteiger partial charge in [-0.2, -0.15) is 0 Å². The average Bonchev–Trinajstić information content (AvgIpc) is 2.30. The molecule has 2 N–H and O–H groups in total. The number of nitrogens with two attached hydrogens (primary N) is 1. The van der Waals surface area contributed by atoms with Crippen LogP contribution in [-0.2, 0) is 4.74 Å². The fraction of sp³-hybridized carbons (Fsp3) is 0.400. The molecule has 1 fully saturated rings. The second-order valence-electron chi connectivity index (χ2n) is 3.50. The fourth-order valence-corrected chi connectivity index (χ4v) is 1.66. The van der Waals surface area contributed by atoms with Crippen LogP contribution in [0.5, 0.6) is 0 Å². The van der Waals surface area contributed by atoms with Gasteiger partial charge < -0.3 is 15.5 Å². The Bertz CT molecular complexity index is 449. The highest BCUT2D eigenvalue weighted by Crippen LogP contribution is 1.97. The van der Waals surface area contributed by atoms with E-state index in [0.29, 0.717) is 26.3 Å². The number of morpholine rings is 1. The molecule has 1 aromatic heterocycles. The molecule has 2 rings (SSSR count). The van der Waals surface area contributed by atoms with Crippen LogP contribution < -0.4 is 16.3 Å². The molecule has 0 aromatic carbocycles. The van der Waals surface area contributed by atoms with Gasteiger partial charge in [-0.15, -0.1) is 0 Å². The first-order valence-electron chi connectivity index (χ1n) is 5.04. The van der Waals surface area contributed by atoms with E-state index >= 15 is 0 Å². The van der Waals surface area contributed by atoms with Crippen LogP contribution in [0.25, 0.3) is 0 Å². The van der Waals surface area contributed by atoms with Gasteiger partial charge in [0.05, 0.1) is 26.3 Å². The number of hydrogen-bond donors (Lipinski definition) is 1. The highest BCUT2D eigenvalue weighted by Gasteiger charge is 2.15. The Kier molecular flexibility index (Phi) is 2.91. The van der Waals surface area contributed by atoms with Crippen LogP contribution in [0, 0.1) is 0 Å². The van der Waals surface area contributed by atoms with Crippen molar-refractivity contribution in [2.45, 2.75) is 0 Å². The van der Waals surface area contributed by atoms with Gasteiger partial charge in [0.25, 0.3) is 11.5 Å². The number of pyridine rings is 1. The van der Waals surface area contributed by atoms with Crippen molar-refractivity contribution in [1.29, 1.82) is 0 Å². The quantitative estimate of drug-likeness (QED) is 0.691. The molecular weight excluding hydrogens is 210 g/mol. The molecule has 2 heterocycles. The molecule has 0 atom stereocenters. The van der Waals surface area contributed by atoms with Crippen molar-refractivity contribution < 1.29 is 9.53 Å². The van der Waals surface area contributed by atoms with Crippen molar-refractivity contribution in [3.8, 4) is 0 Å². The summed E-state index contributed by atoms with van der Waals surface area (Å²) in [6.45, 7) is 2.41. The number of ether oxygens (including phenoxy) is 1. The van der Waals surface area contributed by atoms with E-state index in [4.69, 9.17) is 10.5 Å². The molecule has 0 spiro atoms. The Hall–Kier alpha value is -1.82. The van der Waals surface area contributed by atoms with E-state index in [2.05, 4.69) is 0 Å². The molecule has 1 aromatic rings. The van der Waals surface area contributed by atoms with Crippen LogP contribution in [0.3, 0.4) is 0 Å². The molecule has 6 nitrogen and oxygen atoms in total. The minimum Gasteiger partial charge on any atom is -0.378 e. The predicted octanol–water partition coefficient (Wildman–Crippen LogP) is -1.08. The molecule has 0 saturated carbocycles. The number of hydrogen-bond acceptors (Lipinski definition) is 4. The zero-order valence-corrected chi connectivity index (χ0v) is 8.76. The molecule has 1 aliphatic rings. The summed E-state index contributed by atoms with van der Waals surface area (Å²) in [5.41, 5.74) is 4.75. The maximum absolute atomic E-state index is 11.9. The van der Waals surface area contributed by atoms with Gasteiger partial charge in [0.15, 0.2) is 0 Å². The van der Waals surface area contributed by atoms with E-state index in [-0.39, 0.29) is 11.1 Å². The number of carbonyl (C=O) groups is 1. The topological polar surface area (TPSA) is 77.6 Å². The van der Waals surface area contributed by atoms with Gasteiger partial charge in [0, 0.05) is 6.20 Å². The van der Waals surface area contributed by atoms with Crippen LogP contribution in [0.4, 0.5) is 0 Å². The Labute approximate surface area is 92.2 Å². The number of nitrogens with zero attached hydrogens (tertiary/aromatic N) is 2. The lowest BCUT2D eigenvalue weighted by molar-refractivity contribution is 0.0996. The Morgan fingerprint density at radius 3 is 2.69 bits per heavy atom. The summed E-state index contributed by atoms with van der Waals surface area (Å²) < 4.78 is 6.61. The van der Waals surface area contributed by atoms with Gasteiger partial charge in [0.1, 0.15) is 5.56 Å². The van der Waals surface area contributed by atoms with E-state index in [9.17, 15) is 9.59 Å². The maximum Gasteiger partial charge on any atom is 0.281 e. The van der Waals surface area contributed by atoms with Crippen LogP contribution in [0.1, 0.15) is 10.4 Å². The fourth-order valence-electron chi connectivity index (χ4n) is 1.66. The molecule has 0 unspecified atom stereocenters. The Morgan fingerprint density at radius 1 is 1.38 bits per heavy atom. The van der Waals surface area contributed by atoms with E-state index in [1.54, 1.807) is 12.3 Å². The molecular formula is C10H13N3O3. The number of amides is 1. The van der Waals surface area contributed by atoms with Crippen molar-refractivity contribution in [3.63, 3.8) is 0 Å². The third kappa shape index (κ3) is 1.92. The highest BCUT2D eigenvalue weighted by atomic mass is 16.5. The normalized spacial score (nSPS) is 16.1. The summed E-state index contributed by atoms with van der Waals surface area (Å²) in [4.78, 5) is 22.9. The van der Waals surface area contributed by atoms with Crippen molar-refractivity contribution in [2.75, 3.05) is 31.3 Å². The zero-order valence-electron chi connectivity index (χ0n) is 8.76. The molecule has 16 heavy (non-hydrogen) atoms. The van der Waals surface area contributed by atoms with E-state index in [0.717, 1.165) is 0 Å². The summed E-state index contributed by atoms with van der Waals surface area (Å²) in [5, 5.41) is 1.83. The first kappa shape index (κ1) is 10.7. The number of aromatic nitrogens is 1. The SMILES string of the molecule is NC(=O)c1cccn(N2CCOCC2)c1=O. The molecule has 6 heteroatoms. The summed E-state index contributed by atoms with van der Waals surface area (Å²) in [5.74, 6) is -0.701. The molecule has 0 radical (unpaired) electrons. The van der Waals surface area contributed by atoms with Crippen molar-refractivity contribution in [3.05, 3.63) is 34.2 Å². The lowest BCUT2D eigenvalue weighted by Gasteiger charge is -2.30. The third-order valence-corrected chi connectivity index (χ3v) is 2.49. The third-order valence-electron chi connectivity index (χ3n) is 2.49. The molecule has 1 saturated heterocycles. The minimum atomic E-state index is -0.701. The van der Waals surface area contributed by atoms with Crippen molar-refractivity contribution in [1.82, 2.24) is 4.68 Å². The Balaban J connectivity index is 2.37. The first-order chi connectivity index (χ1) is 7.70. The van der Waals surface area contributed by atoms with E-state index in [1.807, 2.05) is 5.01 Å². The monoisotopic (exact) mass is 223 g/mol. The summed E-state index contributed by atoms with van der Waals surface area (Å²) in [7, 11) is 0. The first-order valence-corrected chi connectivity index (χ1v) is 5.04. The Morgan fingerprint density at radius 2 is 2.06 bits per heavy atom. The van der Waals surface area contributed by atoms with Gasteiger partial charge in [-0.05, 0) is 12.1 Å².